The number of nitrogens with zero attached hydrogens (tertiary/aromatic N) is 2. The van der Waals surface area contributed by atoms with Gasteiger partial charge in [-0.3, -0.25) is 0 Å². The fourth-order valence-corrected chi connectivity index (χ4v) is 3.11. The minimum atomic E-state index is -0.674. The van der Waals surface area contributed by atoms with Crippen molar-refractivity contribution in [2.24, 2.45) is 0 Å². The van der Waals surface area contributed by atoms with Gasteiger partial charge >= 0.3 is 0 Å². The smallest absolute Gasteiger partial charge is 0.138 e. The zero-order valence-corrected chi connectivity index (χ0v) is 12.8. The molecule has 0 aliphatic carbocycles. The van der Waals surface area contributed by atoms with Crippen molar-refractivity contribution in [1.29, 1.82) is 0 Å². The van der Waals surface area contributed by atoms with Crippen molar-refractivity contribution in [2.75, 3.05) is 18.6 Å². The van der Waals surface area contributed by atoms with E-state index in [0.29, 0.717) is 11.5 Å². The summed E-state index contributed by atoms with van der Waals surface area (Å²) in [6.45, 7) is 3.80. The van der Waals surface area contributed by atoms with Crippen LogP contribution in [-0.2, 0) is 0 Å². The molecule has 2 rings (SSSR count). The Hall–Kier alpha value is -1.24. The predicted molar refractivity (Wildman–Crippen MR) is 83.9 cm³/mol. The minimum absolute atomic E-state index is 0.0215. The summed E-state index contributed by atoms with van der Waals surface area (Å²) in [4.78, 5) is 4.49. The van der Waals surface area contributed by atoms with E-state index < -0.39 is 6.10 Å². The van der Waals surface area contributed by atoms with E-state index in [-0.39, 0.29) is 17.9 Å². The summed E-state index contributed by atoms with van der Waals surface area (Å²) >= 11 is 1.60. The molecule has 5 nitrogen and oxygen atoms in total. The topological polar surface area (TPSA) is 84.3 Å². The highest BCUT2D eigenvalue weighted by molar-refractivity contribution is 7.99. The molecule has 0 radical (unpaired) electrons. The van der Waals surface area contributed by atoms with Crippen LogP contribution < -0.4 is 5.73 Å². The van der Waals surface area contributed by atoms with Gasteiger partial charge in [-0.25, -0.2) is 4.98 Å². The van der Waals surface area contributed by atoms with Gasteiger partial charge in [0.25, 0.3) is 0 Å². The number of imidazole rings is 1. The molecule has 20 heavy (non-hydrogen) atoms. The molecular weight excluding hydrogens is 274 g/mol. The van der Waals surface area contributed by atoms with Gasteiger partial charge in [0.1, 0.15) is 11.9 Å². The largest absolute Gasteiger partial charge is 0.399 e. The molecule has 110 valence electrons. The summed E-state index contributed by atoms with van der Waals surface area (Å²) in [6, 6.07) is 5.56. The molecule has 1 aromatic heterocycles. The number of rotatable bonds is 5. The molecule has 0 saturated heterocycles. The number of nitrogens with two attached hydrogens (primary N) is 1. The van der Waals surface area contributed by atoms with Crippen LogP contribution in [0, 0.1) is 0 Å². The number of hydrogen-bond donors (Lipinski definition) is 3. The Morgan fingerprint density at radius 3 is 2.65 bits per heavy atom. The first-order valence-electron chi connectivity index (χ1n) is 6.58. The van der Waals surface area contributed by atoms with Crippen LogP contribution in [0.5, 0.6) is 0 Å². The van der Waals surface area contributed by atoms with Crippen molar-refractivity contribution < 1.29 is 10.2 Å². The number of aromatic nitrogens is 2. The maximum absolute atomic E-state index is 9.97. The second-order valence-electron chi connectivity index (χ2n) is 4.96. The first-order chi connectivity index (χ1) is 9.49. The van der Waals surface area contributed by atoms with Crippen LogP contribution >= 0.6 is 11.8 Å². The number of aliphatic hydroxyl groups excluding tert-OH is 2. The molecule has 6 heteroatoms. The Kier molecular flexibility index (Phi) is 4.57. The monoisotopic (exact) mass is 295 g/mol. The van der Waals surface area contributed by atoms with Crippen LogP contribution in [0.1, 0.15) is 31.8 Å². The first kappa shape index (κ1) is 15.2. The lowest BCUT2D eigenvalue weighted by Crippen LogP contribution is -2.24. The van der Waals surface area contributed by atoms with Crippen molar-refractivity contribution in [1.82, 2.24) is 9.55 Å². The van der Waals surface area contributed by atoms with E-state index in [4.69, 9.17) is 5.73 Å². The summed E-state index contributed by atoms with van der Waals surface area (Å²) in [5.74, 6) is 0.602. The van der Waals surface area contributed by atoms with Gasteiger partial charge in [0.15, 0.2) is 0 Å². The lowest BCUT2D eigenvalue weighted by molar-refractivity contribution is 0.179. The molecule has 3 atom stereocenters. The highest BCUT2D eigenvalue weighted by atomic mass is 32.2. The molecule has 1 aromatic carbocycles. The van der Waals surface area contributed by atoms with Crippen LogP contribution in [-0.4, -0.2) is 37.9 Å². The van der Waals surface area contributed by atoms with Crippen LogP contribution in [0.15, 0.2) is 18.2 Å². The maximum atomic E-state index is 9.97. The molecule has 4 N–H and O–H groups in total. The number of hydrogen-bond acceptors (Lipinski definition) is 5. The van der Waals surface area contributed by atoms with Crippen molar-refractivity contribution in [3.8, 4) is 0 Å². The predicted octanol–water partition coefficient (Wildman–Crippen LogP) is 1.96. The van der Waals surface area contributed by atoms with Gasteiger partial charge in [-0.1, -0.05) is 0 Å². The van der Waals surface area contributed by atoms with Gasteiger partial charge in [0.05, 0.1) is 17.6 Å². The molecule has 0 amide bonds. The highest BCUT2D eigenvalue weighted by Gasteiger charge is 2.24. The van der Waals surface area contributed by atoms with Crippen molar-refractivity contribution in [3.63, 3.8) is 0 Å². The Bertz CT molecular complexity index is 593. The van der Waals surface area contributed by atoms with Crippen LogP contribution in [0.3, 0.4) is 0 Å². The molecule has 0 spiro atoms. The Balaban J connectivity index is 2.62. The third-order valence-corrected chi connectivity index (χ3v) is 4.69. The van der Waals surface area contributed by atoms with Gasteiger partial charge in [0.2, 0.25) is 0 Å². The standard InChI is InChI=1S/C14H21N3O2S/c1-8(13(7-18)20-3)17-12-5-4-10(15)6-11(12)16-14(17)9(2)19/h4-6,8-9,13,18-19H,7,15H2,1-3H3. The van der Waals surface area contributed by atoms with Crippen molar-refractivity contribution in [2.45, 2.75) is 31.2 Å². The Labute approximate surface area is 122 Å². The summed E-state index contributed by atoms with van der Waals surface area (Å²) in [6.07, 6.45) is 1.29. The fourth-order valence-electron chi connectivity index (χ4n) is 2.45. The third kappa shape index (κ3) is 2.63. The van der Waals surface area contributed by atoms with Gasteiger partial charge in [-0.2, -0.15) is 11.8 Å². The number of aliphatic hydroxyl groups is 2. The number of benzene rings is 1. The van der Waals surface area contributed by atoms with Gasteiger partial charge in [0, 0.05) is 17.0 Å². The molecule has 1 heterocycles. The molecule has 2 aromatic rings. The number of anilines is 1. The zero-order valence-electron chi connectivity index (χ0n) is 11.9. The average Bonchev–Trinajstić information content (AvgIpc) is 2.78. The van der Waals surface area contributed by atoms with E-state index >= 15 is 0 Å². The quantitative estimate of drug-likeness (QED) is 0.734. The summed E-state index contributed by atoms with van der Waals surface area (Å²) in [5.41, 5.74) is 8.14. The molecule has 0 bridgehead atoms. The normalized spacial score (nSPS) is 16.2. The van der Waals surface area contributed by atoms with Crippen molar-refractivity contribution in [3.05, 3.63) is 24.0 Å². The number of nitrogen functional groups attached to an aromatic ring is 1. The Morgan fingerprint density at radius 1 is 1.40 bits per heavy atom. The summed E-state index contributed by atoms with van der Waals surface area (Å²) < 4.78 is 2.00. The maximum Gasteiger partial charge on any atom is 0.138 e. The first-order valence-corrected chi connectivity index (χ1v) is 7.87. The van der Waals surface area contributed by atoms with Gasteiger partial charge in [-0.15, -0.1) is 0 Å². The summed E-state index contributed by atoms with van der Waals surface area (Å²) in [5, 5.41) is 19.5. The molecule has 3 unspecified atom stereocenters. The number of thioether (sulfide) groups is 1. The summed E-state index contributed by atoms with van der Waals surface area (Å²) in [7, 11) is 0. The van der Waals surface area contributed by atoms with E-state index in [1.54, 1.807) is 24.8 Å². The van der Waals surface area contributed by atoms with Gasteiger partial charge in [-0.05, 0) is 38.3 Å². The SMILES string of the molecule is CSC(CO)C(C)n1c(C(C)O)nc2cc(N)ccc21. The highest BCUT2D eigenvalue weighted by Crippen LogP contribution is 2.30. The third-order valence-electron chi connectivity index (χ3n) is 3.54. The minimum Gasteiger partial charge on any atom is -0.399 e. The zero-order chi connectivity index (χ0) is 14.9. The molecule has 0 aliphatic heterocycles. The van der Waals surface area contributed by atoms with E-state index in [1.807, 2.05) is 29.9 Å². The van der Waals surface area contributed by atoms with Crippen LogP contribution in [0.2, 0.25) is 0 Å². The molecule has 0 fully saturated rings. The van der Waals surface area contributed by atoms with E-state index in [0.717, 1.165) is 11.0 Å². The fraction of sp³-hybridized carbons (Fsp3) is 0.500. The second-order valence-corrected chi connectivity index (χ2v) is 6.04. The Morgan fingerprint density at radius 2 is 2.10 bits per heavy atom. The van der Waals surface area contributed by atoms with Gasteiger partial charge < -0.3 is 20.5 Å². The van der Waals surface area contributed by atoms with E-state index in [2.05, 4.69) is 4.98 Å². The molecule has 0 saturated carbocycles. The molecule has 0 aliphatic rings. The van der Waals surface area contributed by atoms with E-state index in [9.17, 15) is 10.2 Å². The number of fused-ring (bicyclic) bond motifs is 1. The van der Waals surface area contributed by atoms with Crippen LogP contribution in [0.4, 0.5) is 5.69 Å². The lowest BCUT2D eigenvalue weighted by atomic mass is 10.2. The molecular formula is C14H21N3O2S. The van der Waals surface area contributed by atoms with E-state index in [1.165, 1.54) is 0 Å². The van der Waals surface area contributed by atoms with Crippen molar-refractivity contribution >= 4 is 28.5 Å². The average molecular weight is 295 g/mol. The lowest BCUT2D eigenvalue weighted by Gasteiger charge is -2.25. The van der Waals surface area contributed by atoms with Crippen LogP contribution in [0.25, 0.3) is 11.0 Å². The second kappa shape index (κ2) is 6.03.